The molecular weight excluding hydrogens is 272 g/mol. The zero-order valence-electron chi connectivity index (χ0n) is 12.4. The van der Waals surface area contributed by atoms with Crippen molar-refractivity contribution in [2.24, 2.45) is 0 Å². The van der Waals surface area contributed by atoms with Gasteiger partial charge in [-0.3, -0.25) is 14.9 Å². The summed E-state index contributed by atoms with van der Waals surface area (Å²) in [5.41, 5.74) is 0.624. The van der Waals surface area contributed by atoms with Crippen molar-refractivity contribution >= 4 is 11.9 Å². The average molecular weight is 294 g/mol. The molecule has 6 nitrogen and oxygen atoms in total. The van der Waals surface area contributed by atoms with Crippen molar-refractivity contribution in [3.63, 3.8) is 0 Å². The topological polar surface area (TPSA) is 87.7 Å². The van der Waals surface area contributed by atoms with Gasteiger partial charge in [0, 0.05) is 20.0 Å². The third kappa shape index (κ3) is 6.27. The number of aliphatic carboxylic acids is 1. The number of hydrogen-bond acceptors (Lipinski definition) is 4. The number of carbonyl (C=O) groups excluding carboxylic acids is 1. The van der Waals surface area contributed by atoms with Crippen molar-refractivity contribution in [1.29, 1.82) is 0 Å². The molecule has 0 radical (unpaired) electrons. The van der Waals surface area contributed by atoms with Gasteiger partial charge in [-0.05, 0) is 24.1 Å². The minimum absolute atomic E-state index is 0.140. The van der Waals surface area contributed by atoms with E-state index in [4.69, 9.17) is 4.74 Å². The molecule has 0 aliphatic carbocycles. The number of carboxylic acids is 1. The number of nitrogens with one attached hydrogen (secondary N) is 2. The molecule has 0 bridgehead atoms. The number of carboxylic acid groups (broad SMARTS) is 1. The highest BCUT2D eigenvalue weighted by Crippen LogP contribution is 2.19. The molecule has 0 fully saturated rings. The van der Waals surface area contributed by atoms with E-state index in [-0.39, 0.29) is 5.91 Å². The monoisotopic (exact) mass is 294 g/mol. The molecule has 0 heterocycles. The van der Waals surface area contributed by atoms with Gasteiger partial charge in [0.15, 0.2) is 0 Å². The maximum atomic E-state index is 11.4. The van der Waals surface area contributed by atoms with Crippen molar-refractivity contribution < 1.29 is 19.4 Å². The lowest BCUT2D eigenvalue weighted by Crippen LogP contribution is -2.35. The van der Waals surface area contributed by atoms with Crippen LogP contribution in [0.2, 0.25) is 0 Å². The van der Waals surface area contributed by atoms with Crippen LogP contribution in [-0.4, -0.2) is 36.7 Å². The standard InChI is InChI=1S/C15H22N2O4/c1-3-9-21-13-6-4-5-12(10-13)14(15(19)20)17-8-7-16-11(2)18/h4-6,10,14,17H,3,7-9H2,1-2H3,(H,16,18)(H,19,20). The van der Waals surface area contributed by atoms with E-state index in [9.17, 15) is 14.7 Å². The summed E-state index contributed by atoms with van der Waals surface area (Å²) < 4.78 is 5.51. The average Bonchev–Trinajstić information content (AvgIpc) is 2.44. The summed E-state index contributed by atoms with van der Waals surface area (Å²) in [5, 5.41) is 14.8. The molecule has 0 saturated heterocycles. The molecule has 1 aromatic carbocycles. The van der Waals surface area contributed by atoms with Gasteiger partial charge in [0.2, 0.25) is 5.91 Å². The Bertz CT molecular complexity index is 476. The first-order valence-corrected chi connectivity index (χ1v) is 6.98. The van der Waals surface area contributed by atoms with Gasteiger partial charge in [0.05, 0.1) is 6.61 Å². The molecule has 1 aromatic rings. The van der Waals surface area contributed by atoms with E-state index < -0.39 is 12.0 Å². The Morgan fingerprint density at radius 1 is 1.33 bits per heavy atom. The predicted molar refractivity (Wildman–Crippen MR) is 79.3 cm³/mol. The summed E-state index contributed by atoms with van der Waals surface area (Å²) in [7, 11) is 0. The lowest BCUT2D eigenvalue weighted by atomic mass is 10.1. The SMILES string of the molecule is CCCOc1cccc(C(NCCNC(C)=O)C(=O)O)c1. The van der Waals surface area contributed by atoms with Crippen LogP contribution in [0.25, 0.3) is 0 Å². The first kappa shape index (κ1) is 17.0. The number of carbonyl (C=O) groups is 2. The minimum atomic E-state index is -0.967. The molecule has 21 heavy (non-hydrogen) atoms. The molecule has 1 unspecified atom stereocenters. The van der Waals surface area contributed by atoms with E-state index in [2.05, 4.69) is 10.6 Å². The van der Waals surface area contributed by atoms with E-state index in [0.717, 1.165) is 6.42 Å². The number of hydrogen-bond donors (Lipinski definition) is 3. The molecule has 116 valence electrons. The molecule has 1 atom stereocenters. The quantitative estimate of drug-likeness (QED) is 0.598. The molecular formula is C15H22N2O4. The largest absolute Gasteiger partial charge is 0.494 e. The van der Waals surface area contributed by atoms with Crippen molar-refractivity contribution in [2.75, 3.05) is 19.7 Å². The Kier molecular flexibility index (Phi) is 7.25. The Labute approximate surface area is 124 Å². The molecule has 0 aliphatic heterocycles. The number of benzene rings is 1. The molecule has 3 N–H and O–H groups in total. The fraction of sp³-hybridized carbons (Fsp3) is 0.467. The highest BCUT2D eigenvalue weighted by atomic mass is 16.5. The number of amides is 1. The Morgan fingerprint density at radius 3 is 2.71 bits per heavy atom. The highest BCUT2D eigenvalue weighted by Gasteiger charge is 2.19. The molecule has 0 spiro atoms. The maximum Gasteiger partial charge on any atom is 0.325 e. The van der Waals surface area contributed by atoms with E-state index in [1.807, 2.05) is 6.92 Å². The van der Waals surface area contributed by atoms with Crippen LogP contribution in [0, 0.1) is 0 Å². The van der Waals surface area contributed by atoms with Crippen molar-refractivity contribution in [3.8, 4) is 5.75 Å². The summed E-state index contributed by atoms with van der Waals surface area (Å²) in [6.45, 7) is 4.77. The Balaban J connectivity index is 2.66. The first-order valence-electron chi connectivity index (χ1n) is 6.98. The summed E-state index contributed by atoms with van der Waals surface area (Å²) in [6.07, 6.45) is 0.890. The fourth-order valence-electron chi connectivity index (χ4n) is 1.81. The molecule has 0 saturated carbocycles. The van der Waals surface area contributed by atoms with Crippen LogP contribution in [-0.2, 0) is 9.59 Å². The van der Waals surface area contributed by atoms with Crippen molar-refractivity contribution in [3.05, 3.63) is 29.8 Å². The third-order valence-electron chi connectivity index (χ3n) is 2.76. The van der Waals surface area contributed by atoms with Gasteiger partial charge < -0.3 is 15.2 Å². The van der Waals surface area contributed by atoms with Gasteiger partial charge in [0.1, 0.15) is 11.8 Å². The molecule has 1 amide bonds. The summed E-state index contributed by atoms with van der Waals surface area (Å²) >= 11 is 0. The van der Waals surface area contributed by atoms with Crippen LogP contribution in [0.5, 0.6) is 5.75 Å². The van der Waals surface area contributed by atoms with Crippen LogP contribution in [0.3, 0.4) is 0 Å². The van der Waals surface area contributed by atoms with Crippen LogP contribution in [0.15, 0.2) is 24.3 Å². The van der Waals surface area contributed by atoms with E-state index in [0.29, 0.717) is 31.0 Å². The highest BCUT2D eigenvalue weighted by molar-refractivity contribution is 5.75. The normalized spacial score (nSPS) is 11.7. The second-order valence-corrected chi connectivity index (χ2v) is 4.63. The van der Waals surface area contributed by atoms with Crippen LogP contribution in [0.4, 0.5) is 0 Å². The summed E-state index contributed by atoms with van der Waals surface area (Å²) in [6, 6.07) is 6.20. The zero-order valence-corrected chi connectivity index (χ0v) is 12.4. The van der Waals surface area contributed by atoms with Gasteiger partial charge in [-0.1, -0.05) is 19.1 Å². The van der Waals surface area contributed by atoms with Gasteiger partial charge in [0.25, 0.3) is 0 Å². The Morgan fingerprint density at radius 2 is 2.10 bits per heavy atom. The van der Waals surface area contributed by atoms with Gasteiger partial charge in [-0.25, -0.2) is 0 Å². The van der Waals surface area contributed by atoms with Gasteiger partial charge in [-0.15, -0.1) is 0 Å². The van der Waals surface area contributed by atoms with Crippen molar-refractivity contribution in [1.82, 2.24) is 10.6 Å². The summed E-state index contributed by atoms with van der Waals surface area (Å²) in [4.78, 5) is 22.1. The maximum absolute atomic E-state index is 11.4. The van der Waals surface area contributed by atoms with E-state index >= 15 is 0 Å². The van der Waals surface area contributed by atoms with E-state index in [1.54, 1.807) is 24.3 Å². The number of rotatable bonds is 9. The predicted octanol–water partition coefficient (Wildman–Crippen LogP) is 1.33. The second-order valence-electron chi connectivity index (χ2n) is 4.63. The lowest BCUT2D eigenvalue weighted by molar-refractivity contribution is -0.139. The zero-order chi connectivity index (χ0) is 15.7. The molecule has 0 aromatic heterocycles. The van der Waals surface area contributed by atoms with Crippen LogP contribution in [0.1, 0.15) is 31.9 Å². The fourth-order valence-corrected chi connectivity index (χ4v) is 1.81. The number of ether oxygens (including phenoxy) is 1. The van der Waals surface area contributed by atoms with Gasteiger partial charge >= 0.3 is 5.97 Å². The first-order chi connectivity index (χ1) is 10.0. The Hall–Kier alpha value is -2.08. The van der Waals surface area contributed by atoms with E-state index in [1.165, 1.54) is 6.92 Å². The second kappa shape index (κ2) is 8.97. The van der Waals surface area contributed by atoms with Crippen LogP contribution < -0.4 is 15.4 Å². The lowest BCUT2D eigenvalue weighted by Gasteiger charge is -2.16. The van der Waals surface area contributed by atoms with Crippen LogP contribution >= 0.6 is 0 Å². The summed E-state index contributed by atoms with van der Waals surface area (Å²) in [5.74, 6) is -0.451. The van der Waals surface area contributed by atoms with Gasteiger partial charge in [-0.2, -0.15) is 0 Å². The minimum Gasteiger partial charge on any atom is -0.494 e. The molecule has 0 aliphatic rings. The molecule has 1 rings (SSSR count). The van der Waals surface area contributed by atoms with Crippen molar-refractivity contribution in [2.45, 2.75) is 26.3 Å². The third-order valence-corrected chi connectivity index (χ3v) is 2.76. The molecule has 6 heteroatoms. The smallest absolute Gasteiger partial charge is 0.325 e.